The van der Waals surface area contributed by atoms with E-state index in [4.69, 9.17) is 21.1 Å². The summed E-state index contributed by atoms with van der Waals surface area (Å²) in [6, 6.07) is 11.7. The summed E-state index contributed by atoms with van der Waals surface area (Å²) in [5.41, 5.74) is 2.09. The molecule has 36 heavy (non-hydrogen) atoms. The molecule has 0 bridgehead atoms. The molecule has 0 saturated carbocycles. The highest BCUT2D eigenvalue weighted by Gasteiger charge is 2.46. The van der Waals surface area contributed by atoms with Gasteiger partial charge in [0.15, 0.2) is 0 Å². The van der Waals surface area contributed by atoms with Crippen LogP contribution in [0.25, 0.3) is 5.76 Å². The van der Waals surface area contributed by atoms with Crippen LogP contribution in [0.2, 0.25) is 5.02 Å². The number of rotatable bonds is 9. The maximum Gasteiger partial charge on any atom is 0.295 e. The fourth-order valence-corrected chi connectivity index (χ4v) is 4.87. The number of aliphatic hydroxyl groups excluding tert-OH is 1. The van der Waals surface area contributed by atoms with E-state index in [9.17, 15) is 14.7 Å². The molecule has 2 heterocycles. The number of carbonyl (C=O) groups is 2. The molecule has 2 aromatic rings. The molecule has 0 aromatic heterocycles. The zero-order valence-electron chi connectivity index (χ0n) is 20.8. The van der Waals surface area contributed by atoms with E-state index in [0.717, 1.165) is 37.2 Å². The number of ether oxygens (including phenoxy) is 2. The van der Waals surface area contributed by atoms with Crippen LogP contribution in [0.3, 0.4) is 0 Å². The van der Waals surface area contributed by atoms with Gasteiger partial charge in [-0.1, -0.05) is 30.7 Å². The summed E-state index contributed by atoms with van der Waals surface area (Å²) >= 11 is 6.11. The third-order valence-corrected chi connectivity index (χ3v) is 6.88. The number of likely N-dealkylation sites (tertiary alicyclic amines) is 1. The van der Waals surface area contributed by atoms with Gasteiger partial charge in [-0.25, -0.2) is 0 Å². The first-order chi connectivity index (χ1) is 17.4. The molecule has 1 N–H and O–H groups in total. The Labute approximate surface area is 217 Å². The number of carbonyl (C=O) groups excluding carboxylic acids is 2. The monoisotopic (exact) mass is 512 g/mol. The first kappa shape index (κ1) is 26.2. The summed E-state index contributed by atoms with van der Waals surface area (Å²) in [4.78, 5) is 30.3. The highest BCUT2D eigenvalue weighted by molar-refractivity contribution is 6.46. The van der Waals surface area contributed by atoms with Crippen molar-refractivity contribution in [3.63, 3.8) is 0 Å². The minimum Gasteiger partial charge on any atom is -0.507 e. The second-order valence-electron chi connectivity index (χ2n) is 9.18. The lowest BCUT2D eigenvalue weighted by Crippen LogP contribution is -2.38. The van der Waals surface area contributed by atoms with Crippen LogP contribution >= 0.6 is 11.6 Å². The zero-order chi connectivity index (χ0) is 25.7. The summed E-state index contributed by atoms with van der Waals surface area (Å²) in [5.74, 6) is -0.754. The van der Waals surface area contributed by atoms with Crippen molar-refractivity contribution in [1.82, 2.24) is 9.80 Å². The van der Waals surface area contributed by atoms with Crippen molar-refractivity contribution in [2.24, 2.45) is 0 Å². The van der Waals surface area contributed by atoms with Crippen LogP contribution in [0.15, 0.2) is 48.0 Å². The highest BCUT2D eigenvalue weighted by atomic mass is 35.5. The molecule has 0 radical (unpaired) electrons. The van der Waals surface area contributed by atoms with E-state index < -0.39 is 17.7 Å². The molecule has 2 aromatic carbocycles. The normalized spacial score (nSPS) is 20.2. The smallest absolute Gasteiger partial charge is 0.295 e. The van der Waals surface area contributed by atoms with Crippen LogP contribution in [0.1, 0.15) is 42.5 Å². The van der Waals surface area contributed by atoms with E-state index in [1.165, 1.54) is 0 Å². The van der Waals surface area contributed by atoms with Crippen molar-refractivity contribution in [2.75, 3.05) is 46.0 Å². The molecule has 1 atom stereocenters. The highest BCUT2D eigenvalue weighted by Crippen LogP contribution is 2.40. The third kappa shape index (κ3) is 5.75. The Kier molecular flexibility index (Phi) is 8.67. The number of halogens is 1. The van der Waals surface area contributed by atoms with Gasteiger partial charge in [0.2, 0.25) is 0 Å². The van der Waals surface area contributed by atoms with Crippen molar-refractivity contribution in [3.05, 3.63) is 69.8 Å². The minimum atomic E-state index is -0.692. The average molecular weight is 513 g/mol. The number of ketones is 1. The predicted octanol–water partition coefficient (Wildman–Crippen LogP) is 4.58. The average Bonchev–Trinajstić information content (AvgIpc) is 3.13. The van der Waals surface area contributed by atoms with Gasteiger partial charge in [0.1, 0.15) is 11.5 Å². The third-order valence-electron chi connectivity index (χ3n) is 6.63. The first-order valence-corrected chi connectivity index (χ1v) is 12.9. The summed E-state index contributed by atoms with van der Waals surface area (Å²) in [5, 5.41) is 11.9. The number of hydrogen-bond acceptors (Lipinski definition) is 6. The number of nitrogens with zero attached hydrogens (tertiary/aromatic N) is 2. The van der Waals surface area contributed by atoms with Gasteiger partial charge in [0.25, 0.3) is 11.7 Å². The van der Waals surface area contributed by atoms with Crippen molar-refractivity contribution in [3.8, 4) is 5.75 Å². The minimum absolute atomic E-state index is 0.0963. The Bertz CT molecular complexity index is 1130. The number of Topliss-reactive ketones (excluding diaryl/α,β-unsaturated/α-hetero) is 1. The molecule has 1 unspecified atom stereocenters. The van der Waals surface area contributed by atoms with Crippen molar-refractivity contribution in [1.29, 1.82) is 0 Å². The zero-order valence-corrected chi connectivity index (χ0v) is 21.6. The Balaban J connectivity index is 1.66. The standard InChI is InChI=1S/C28H33ClN2O5/c1-3-15-36-22-9-10-23(19(2)18-22)26(32)24-25(20-5-7-21(29)8-6-20)31(28(34)27(24)33)12-4-11-30-13-16-35-17-14-30/h5-10,18,25,32H,3-4,11-17H2,1-2H3/b26-24-. The van der Waals surface area contributed by atoms with Crippen LogP contribution in [0.5, 0.6) is 5.75 Å². The Morgan fingerprint density at radius 3 is 2.50 bits per heavy atom. The second kappa shape index (κ2) is 11.9. The molecule has 0 aliphatic carbocycles. The molecule has 2 aliphatic heterocycles. The second-order valence-corrected chi connectivity index (χ2v) is 9.61. The van der Waals surface area contributed by atoms with E-state index in [0.29, 0.717) is 49.1 Å². The molecule has 1 amide bonds. The van der Waals surface area contributed by atoms with E-state index in [1.54, 1.807) is 41.3 Å². The maximum absolute atomic E-state index is 13.3. The van der Waals surface area contributed by atoms with Gasteiger partial charge in [0.05, 0.1) is 31.4 Å². The summed E-state index contributed by atoms with van der Waals surface area (Å²) in [6.45, 7) is 8.80. The summed E-state index contributed by atoms with van der Waals surface area (Å²) in [7, 11) is 0. The number of benzene rings is 2. The van der Waals surface area contributed by atoms with E-state index >= 15 is 0 Å². The van der Waals surface area contributed by atoms with Crippen molar-refractivity contribution in [2.45, 2.75) is 32.7 Å². The van der Waals surface area contributed by atoms with Gasteiger partial charge in [-0.05, 0) is 61.2 Å². The fourth-order valence-electron chi connectivity index (χ4n) is 4.75. The Morgan fingerprint density at radius 2 is 1.83 bits per heavy atom. The SMILES string of the molecule is CCCOc1ccc(/C(O)=C2/C(=O)C(=O)N(CCCN3CCOCC3)C2c2ccc(Cl)cc2)c(C)c1. The number of hydrogen-bond donors (Lipinski definition) is 1. The molecule has 2 saturated heterocycles. The van der Waals surface area contributed by atoms with Crippen LogP contribution in [0.4, 0.5) is 0 Å². The van der Waals surface area contributed by atoms with Gasteiger partial charge < -0.3 is 19.5 Å². The molecular weight excluding hydrogens is 480 g/mol. The topological polar surface area (TPSA) is 79.3 Å². The molecule has 7 nitrogen and oxygen atoms in total. The number of morpholine rings is 1. The first-order valence-electron chi connectivity index (χ1n) is 12.5. The molecule has 8 heteroatoms. The van der Waals surface area contributed by atoms with Crippen LogP contribution < -0.4 is 4.74 Å². The largest absolute Gasteiger partial charge is 0.507 e. The lowest BCUT2D eigenvalue weighted by molar-refractivity contribution is -0.140. The quantitative estimate of drug-likeness (QED) is 0.301. The number of amides is 1. The van der Waals surface area contributed by atoms with Crippen LogP contribution in [0, 0.1) is 6.92 Å². The van der Waals surface area contributed by atoms with Crippen LogP contribution in [-0.4, -0.2) is 72.6 Å². The predicted molar refractivity (Wildman–Crippen MR) is 139 cm³/mol. The number of aryl methyl sites for hydroxylation is 1. The molecular formula is C28H33ClN2O5. The van der Waals surface area contributed by atoms with E-state index in [-0.39, 0.29) is 11.3 Å². The summed E-state index contributed by atoms with van der Waals surface area (Å²) in [6.07, 6.45) is 1.59. The van der Waals surface area contributed by atoms with Crippen LogP contribution in [-0.2, 0) is 14.3 Å². The Morgan fingerprint density at radius 1 is 1.11 bits per heavy atom. The summed E-state index contributed by atoms with van der Waals surface area (Å²) < 4.78 is 11.1. The molecule has 192 valence electrons. The van der Waals surface area contributed by atoms with Gasteiger partial charge in [0, 0.05) is 36.8 Å². The van der Waals surface area contributed by atoms with E-state index in [2.05, 4.69) is 4.90 Å². The van der Waals surface area contributed by atoms with Crippen molar-refractivity contribution >= 4 is 29.1 Å². The van der Waals surface area contributed by atoms with Gasteiger partial charge in [-0.2, -0.15) is 0 Å². The molecule has 2 fully saturated rings. The van der Waals surface area contributed by atoms with Gasteiger partial charge >= 0.3 is 0 Å². The van der Waals surface area contributed by atoms with Gasteiger partial charge in [-0.3, -0.25) is 14.5 Å². The number of aliphatic hydroxyl groups is 1. The molecule has 4 rings (SSSR count). The molecule has 2 aliphatic rings. The lowest BCUT2D eigenvalue weighted by Gasteiger charge is -2.29. The van der Waals surface area contributed by atoms with E-state index in [1.807, 2.05) is 19.9 Å². The molecule has 0 spiro atoms. The van der Waals surface area contributed by atoms with Gasteiger partial charge in [-0.15, -0.1) is 0 Å². The maximum atomic E-state index is 13.3. The lowest BCUT2D eigenvalue weighted by atomic mass is 9.94. The van der Waals surface area contributed by atoms with Crippen molar-refractivity contribution < 1.29 is 24.2 Å². The Hall–Kier alpha value is -2.87. The fraction of sp³-hybridized carbons (Fsp3) is 0.429.